The Morgan fingerprint density at radius 2 is 1.89 bits per heavy atom. The van der Waals surface area contributed by atoms with Crippen LogP contribution in [0.5, 0.6) is 0 Å². The summed E-state index contributed by atoms with van der Waals surface area (Å²) in [6, 6.07) is 11.6. The number of non-ortho nitro benzene ring substituents is 1. The number of aliphatic imine (C=N–C) groups is 2. The number of carbonyl (C=O) groups excluding carboxylic acids is 1. The molecule has 12 heteroatoms. The lowest BCUT2D eigenvalue weighted by Crippen LogP contribution is -2.42. The molecular weight excluding hydrogens is 531 g/mol. The van der Waals surface area contributed by atoms with Crippen LogP contribution in [0.15, 0.2) is 64.3 Å². The molecule has 0 radical (unpaired) electrons. The van der Waals surface area contributed by atoms with E-state index in [-0.39, 0.29) is 18.1 Å². The van der Waals surface area contributed by atoms with Crippen LogP contribution in [0.25, 0.3) is 0 Å². The van der Waals surface area contributed by atoms with E-state index in [0.29, 0.717) is 51.1 Å². The van der Waals surface area contributed by atoms with Crippen LogP contribution in [-0.4, -0.2) is 90.5 Å². The third kappa shape index (κ3) is 5.58. The van der Waals surface area contributed by atoms with Crippen LogP contribution in [0, 0.1) is 10.1 Å². The number of nitrogens with zero attached hydrogens (tertiary/aromatic N) is 6. The van der Waals surface area contributed by atoms with Gasteiger partial charge in [-0.25, -0.2) is 4.99 Å². The van der Waals surface area contributed by atoms with E-state index in [1.165, 1.54) is 17.0 Å². The highest BCUT2D eigenvalue weighted by Crippen LogP contribution is 2.35. The second-order valence-corrected chi connectivity index (χ2v) is 9.95. The number of amidine groups is 1. The van der Waals surface area contributed by atoms with Gasteiger partial charge in [-0.3, -0.25) is 24.8 Å². The highest BCUT2D eigenvalue weighted by Gasteiger charge is 2.37. The molecule has 4 aliphatic heterocycles. The predicted molar refractivity (Wildman–Crippen MR) is 148 cm³/mol. The third-order valence-electron chi connectivity index (χ3n) is 6.54. The van der Waals surface area contributed by atoms with Crippen LogP contribution in [-0.2, 0) is 9.53 Å². The molecule has 4 heterocycles. The third-order valence-corrected chi connectivity index (χ3v) is 7.22. The van der Waals surface area contributed by atoms with Crippen molar-refractivity contribution in [2.24, 2.45) is 9.98 Å². The number of nitro benzene ring substituents is 1. The fourth-order valence-electron chi connectivity index (χ4n) is 4.33. The van der Waals surface area contributed by atoms with Crippen molar-refractivity contribution in [2.45, 2.75) is 6.10 Å². The Balaban J connectivity index is 0.000000529. The summed E-state index contributed by atoms with van der Waals surface area (Å²) in [5, 5.41) is 12.0. The Morgan fingerprint density at radius 1 is 1.16 bits per heavy atom. The van der Waals surface area contributed by atoms with Crippen LogP contribution in [0.1, 0.15) is 11.1 Å². The number of carbonyl (C=O) groups is 1. The Bertz CT molecular complexity index is 1350. The number of hydrogen-bond acceptors (Lipinski definition) is 8. The summed E-state index contributed by atoms with van der Waals surface area (Å²) in [7, 11) is 2.07. The van der Waals surface area contributed by atoms with Crippen LogP contribution >= 0.6 is 23.2 Å². The van der Waals surface area contributed by atoms with E-state index in [2.05, 4.69) is 21.8 Å². The highest BCUT2D eigenvalue weighted by molar-refractivity contribution is 6.37. The van der Waals surface area contributed by atoms with E-state index in [4.69, 9.17) is 32.9 Å². The zero-order valence-corrected chi connectivity index (χ0v) is 22.2. The summed E-state index contributed by atoms with van der Waals surface area (Å²) in [6.45, 7) is 4.48. The van der Waals surface area contributed by atoms with Crippen molar-refractivity contribution in [1.82, 2.24) is 9.80 Å². The van der Waals surface area contributed by atoms with Crippen LogP contribution < -0.4 is 4.90 Å². The van der Waals surface area contributed by atoms with Gasteiger partial charge in [0.1, 0.15) is 11.5 Å². The van der Waals surface area contributed by atoms with Gasteiger partial charge < -0.3 is 14.5 Å². The number of fused-ring (bicyclic) bond motifs is 3. The Labute approximate surface area is 229 Å². The zero-order valence-electron chi connectivity index (χ0n) is 20.7. The summed E-state index contributed by atoms with van der Waals surface area (Å²) in [6.07, 6.45) is 2.21. The fourth-order valence-corrected chi connectivity index (χ4v) is 4.73. The van der Waals surface area contributed by atoms with Gasteiger partial charge in [-0.1, -0.05) is 29.8 Å². The van der Waals surface area contributed by atoms with Crippen molar-refractivity contribution in [3.05, 3.63) is 80.6 Å². The number of halogens is 2. The number of epoxide rings is 1. The number of ether oxygens (including phenoxy) is 1. The van der Waals surface area contributed by atoms with E-state index in [1.807, 2.05) is 12.1 Å². The SMILES string of the molecule is CN1CCN(/C=C2\N=C3CN=C(c4ccccc4Cl)c4cc([N+](=O)[O-])ccc4N3C2=O)CC1.ClCC1CO1. The first-order valence-electron chi connectivity index (χ1n) is 12.2. The molecule has 2 aromatic rings. The number of likely N-dealkylation sites (N-methyl/N-ethyl adjacent to an activating group) is 1. The molecule has 0 N–H and O–H groups in total. The molecule has 1 atom stereocenters. The number of alkyl halides is 1. The molecule has 10 nitrogen and oxygen atoms in total. The van der Waals surface area contributed by atoms with E-state index in [0.717, 1.165) is 32.8 Å². The lowest BCUT2D eigenvalue weighted by Gasteiger charge is -2.31. The maximum Gasteiger partial charge on any atom is 0.284 e. The van der Waals surface area contributed by atoms with Gasteiger partial charge in [0.2, 0.25) is 0 Å². The molecule has 2 fully saturated rings. The standard InChI is InChI=1S/C23H21ClN6O3.C3H5ClO/c1-27-8-10-28(11-9-27)14-19-23(31)29-20-7-6-15(30(32)33)12-17(20)22(25-13-21(29)26-19)16-4-2-3-5-18(16)24;4-1-3-2-5-3/h2-7,12,14H,8-11,13H2,1H3;3H,1-2H2/b19-14-;. The number of nitro groups is 1. The van der Waals surface area contributed by atoms with Crippen molar-refractivity contribution >= 4 is 52.0 Å². The first-order valence-corrected chi connectivity index (χ1v) is 13.1. The predicted octanol–water partition coefficient (Wildman–Crippen LogP) is 3.56. The minimum atomic E-state index is -0.463. The normalized spacial score (nSPS) is 21.6. The molecule has 2 aromatic carbocycles. The van der Waals surface area contributed by atoms with E-state index in [1.54, 1.807) is 24.4 Å². The molecular formula is C26H26Cl2N6O4. The minimum Gasteiger partial charge on any atom is -0.373 e. The van der Waals surface area contributed by atoms with Crippen molar-refractivity contribution in [3.63, 3.8) is 0 Å². The highest BCUT2D eigenvalue weighted by atomic mass is 35.5. The number of rotatable bonds is 4. The lowest BCUT2D eigenvalue weighted by atomic mass is 9.99. The molecule has 6 rings (SSSR count). The van der Waals surface area contributed by atoms with E-state index >= 15 is 0 Å². The van der Waals surface area contributed by atoms with Gasteiger partial charge in [-0.05, 0) is 19.2 Å². The minimum absolute atomic E-state index is 0.0891. The van der Waals surface area contributed by atoms with E-state index < -0.39 is 4.92 Å². The second-order valence-electron chi connectivity index (χ2n) is 9.24. The zero-order chi connectivity index (χ0) is 26.8. The van der Waals surface area contributed by atoms with Crippen molar-refractivity contribution in [1.29, 1.82) is 0 Å². The lowest BCUT2D eigenvalue weighted by molar-refractivity contribution is -0.384. The molecule has 198 valence electrons. The van der Waals surface area contributed by atoms with Gasteiger partial charge in [0.15, 0.2) is 0 Å². The molecule has 1 amide bonds. The monoisotopic (exact) mass is 556 g/mol. The first-order chi connectivity index (χ1) is 18.4. The molecule has 1 unspecified atom stereocenters. The molecule has 4 aliphatic rings. The van der Waals surface area contributed by atoms with Gasteiger partial charge in [0, 0.05) is 60.7 Å². The quantitative estimate of drug-likeness (QED) is 0.187. The maximum atomic E-state index is 13.4. The summed E-state index contributed by atoms with van der Waals surface area (Å²) in [4.78, 5) is 39.6. The van der Waals surface area contributed by atoms with Crippen LogP contribution in [0.4, 0.5) is 11.4 Å². The summed E-state index contributed by atoms with van der Waals surface area (Å²) in [5.41, 5.74) is 2.36. The maximum absolute atomic E-state index is 13.4. The number of piperazine rings is 1. The van der Waals surface area contributed by atoms with Crippen LogP contribution in [0.2, 0.25) is 5.02 Å². The number of anilines is 1. The van der Waals surface area contributed by atoms with Gasteiger partial charge in [-0.15, -0.1) is 11.6 Å². The van der Waals surface area contributed by atoms with Gasteiger partial charge >= 0.3 is 0 Å². The number of amides is 1. The smallest absolute Gasteiger partial charge is 0.284 e. The molecule has 0 aromatic heterocycles. The van der Waals surface area contributed by atoms with Gasteiger partial charge in [-0.2, -0.15) is 0 Å². The average Bonchev–Trinajstić information content (AvgIpc) is 3.72. The largest absolute Gasteiger partial charge is 0.373 e. The molecule has 38 heavy (non-hydrogen) atoms. The topological polar surface area (TPSA) is 107 Å². The van der Waals surface area contributed by atoms with Gasteiger partial charge in [0.25, 0.3) is 11.6 Å². The van der Waals surface area contributed by atoms with Crippen molar-refractivity contribution in [3.8, 4) is 0 Å². The van der Waals surface area contributed by atoms with Gasteiger partial charge in [0.05, 0.1) is 41.5 Å². The number of benzene rings is 2. The molecule has 2 saturated heterocycles. The Hall–Kier alpha value is -3.31. The summed E-state index contributed by atoms with van der Waals surface area (Å²) in [5.74, 6) is 0.882. The summed E-state index contributed by atoms with van der Waals surface area (Å²) >= 11 is 11.7. The van der Waals surface area contributed by atoms with Crippen LogP contribution in [0.3, 0.4) is 0 Å². The van der Waals surface area contributed by atoms with Crippen molar-refractivity contribution < 1.29 is 14.5 Å². The summed E-state index contributed by atoms with van der Waals surface area (Å²) < 4.78 is 4.73. The molecule has 0 bridgehead atoms. The molecule has 0 saturated carbocycles. The Kier molecular flexibility index (Phi) is 7.75. The molecule has 0 aliphatic carbocycles. The second kappa shape index (κ2) is 11.2. The first kappa shape index (κ1) is 26.3. The Morgan fingerprint density at radius 3 is 2.53 bits per heavy atom. The van der Waals surface area contributed by atoms with Crippen molar-refractivity contribution in [2.75, 3.05) is 57.2 Å². The van der Waals surface area contributed by atoms with E-state index in [9.17, 15) is 14.9 Å². The number of hydrogen-bond donors (Lipinski definition) is 0. The molecule has 0 spiro atoms. The fraction of sp³-hybridized carbons (Fsp3) is 0.346. The average molecular weight is 557 g/mol.